The predicted molar refractivity (Wildman–Crippen MR) is 65.3 cm³/mol. The van der Waals surface area contributed by atoms with Gasteiger partial charge in [0.05, 0.1) is 7.11 Å². The fraction of sp³-hybridized carbons (Fsp3) is 0.385. The Kier molecular flexibility index (Phi) is 4.37. The summed E-state index contributed by atoms with van der Waals surface area (Å²) in [4.78, 5) is 0. The van der Waals surface area contributed by atoms with Gasteiger partial charge in [-0.05, 0) is 44.2 Å². The summed E-state index contributed by atoms with van der Waals surface area (Å²) >= 11 is 0. The predicted octanol–water partition coefficient (Wildman–Crippen LogP) is 2.63. The van der Waals surface area contributed by atoms with Crippen molar-refractivity contribution in [1.29, 1.82) is 0 Å². The third-order valence-electron chi connectivity index (χ3n) is 2.29. The zero-order valence-electron chi connectivity index (χ0n) is 9.92. The van der Waals surface area contributed by atoms with E-state index in [0.717, 1.165) is 12.3 Å². The topological polar surface area (TPSA) is 21.3 Å². The first kappa shape index (κ1) is 11.8. The monoisotopic (exact) mass is 205 g/mol. The maximum absolute atomic E-state index is 5.22. The van der Waals surface area contributed by atoms with E-state index >= 15 is 0 Å². The lowest BCUT2D eigenvalue weighted by molar-refractivity contribution is 0.411. The zero-order chi connectivity index (χ0) is 11.3. The first-order valence-electron chi connectivity index (χ1n) is 5.13. The molecule has 15 heavy (non-hydrogen) atoms. The summed E-state index contributed by atoms with van der Waals surface area (Å²) in [7, 11) is 3.65. The molecule has 0 atom stereocenters. The standard InChI is InChI=1S/C13H19NO/c1-10(9-14-3)7-12-5-6-13(15-4)11(2)8-12/h5-8,14H,9H2,1-4H3. The van der Waals surface area contributed by atoms with Crippen LogP contribution in [0.4, 0.5) is 0 Å². The van der Waals surface area contributed by atoms with Crippen LogP contribution in [-0.4, -0.2) is 20.7 Å². The summed E-state index contributed by atoms with van der Waals surface area (Å²) in [6.45, 7) is 5.10. The molecule has 1 aromatic carbocycles. The minimum atomic E-state index is 0.922. The number of likely N-dealkylation sites (N-methyl/N-ethyl adjacent to an activating group) is 1. The maximum atomic E-state index is 5.22. The number of hydrogen-bond donors (Lipinski definition) is 1. The Morgan fingerprint density at radius 2 is 2.20 bits per heavy atom. The van der Waals surface area contributed by atoms with E-state index in [2.05, 4.69) is 37.4 Å². The minimum absolute atomic E-state index is 0.922. The van der Waals surface area contributed by atoms with Crippen LogP contribution in [0, 0.1) is 6.92 Å². The molecule has 1 N–H and O–H groups in total. The third-order valence-corrected chi connectivity index (χ3v) is 2.29. The SMILES string of the molecule is CNCC(C)=Cc1ccc(OC)c(C)c1. The number of rotatable bonds is 4. The quantitative estimate of drug-likeness (QED) is 0.816. The van der Waals surface area contributed by atoms with E-state index in [9.17, 15) is 0 Å². The van der Waals surface area contributed by atoms with Crippen LogP contribution in [0.1, 0.15) is 18.1 Å². The fourth-order valence-electron chi connectivity index (χ4n) is 1.61. The molecule has 0 aromatic heterocycles. The second-order valence-electron chi connectivity index (χ2n) is 3.75. The van der Waals surface area contributed by atoms with E-state index in [0.29, 0.717) is 0 Å². The van der Waals surface area contributed by atoms with Crippen LogP contribution in [-0.2, 0) is 0 Å². The average Bonchev–Trinajstić information content (AvgIpc) is 2.18. The van der Waals surface area contributed by atoms with Crippen molar-refractivity contribution in [1.82, 2.24) is 5.32 Å². The van der Waals surface area contributed by atoms with Crippen LogP contribution < -0.4 is 10.1 Å². The molecule has 2 heteroatoms. The molecule has 1 aromatic rings. The second kappa shape index (κ2) is 5.56. The molecular weight excluding hydrogens is 186 g/mol. The van der Waals surface area contributed by atoms with Crippen molar-refractivity contribution in [3.63, 3.8) is 0 Å². The van der Waals surface area contributed by atoms with Crippen LogP contribution >= 0.6 is 0 Å². The average molecular weight is 205 g/mol. The van der Waals surface area contributed by atoms with Gasteiger partial charge in [-0.2, -0.15) is 0 Å². The van der Waals surface area contributed by atoms with Crippen molar-refractivity contribution in [2.75, 3.05) is 20.7 Å². The van der Waals surface area contributed by atoms with Crippen LogP contribution in [0.15, 0.2) is 23.8 Å². The van der Waals surface area contributed by atoms with Crippen molar-refractivity contribution in [2.24, 2.45) is 0 Å². The van der Waals surface area contributed by atoms with E-state index in [1.54, 1.807) is 7.11 Å². The molecule has 0 saturated heterocycles. The lowest BCUT2D eigenvalue weighted by Gasteiger charge is -2.06. The zero-order valence-corrected chi connectivity index (χ0v) is 9.92. The molecule has 0 radical (unpaired) electrons. The lowest BCUT2D eigenvalue weighted by Crippen LogP contribution is -2.08. The van der Waals surface area contributed by atoms with Crippen molar-refractivity contribution in [3.05, 3.63) is 34.9 Å². The van der Waals surface area contributed by atoms with Crippen LogP contribution in [0.25, 0.3) is 6.08 Å². The molecule has 1 rings (SSSR count). The molecular formula is C13H19NO. The van der Waals surface area contributed by atoms with Gasteiger partial charge in [-0.1, -0.05) is 17.7 Å². The van der Waals surface area contributed by atoms with Crippen LogP contribution in [0.2, 0.25) is 0 Å². The smallest absolute Gasteiger partial charge is 0.121 e. The Labute approximate surface area is 92.0 Å². The van der Waals surface area contributed by atoms with Gasteiger partial charge in [-0.15, -0.1) is 0 Å². The lowest BCUT2D eigenvalue weighted by atomic mass is 10.1. The van der Waals surface area contributed by atoms with Crippen molar-refractivity contribution < 1.29 is 4.74 Å². The van der Waals surface area contributed by atoms with Gasteiger partial charge in [0.15, 0.2) is 0 Å². The van der Waals surface area contributed by atoms with Gasteiger partial charge < -0.3 is 10.1 Å². The molecule has 0 aliphatic heterocycles. The van der Waals surface area contributed by atoms with E-state index in [-0.39, 0.29) is 0 Å². The molecule has 0 unspecified atom stereocenters. The second-order valence-corrected chi connectivity index (χ2v) is 3.75. The number of methoxy groups -OCH3 is 1. The Morgan fingerprint density at radius 1 is 1.47 bits per heavy atom. The molecule has 0 fully saturated rings. The molecule has 0 bridgehead atoms. The number of hydrogen-bond acceptors (Lipinski definition) is 2. The molecule has 2 nitrogen and oxygen atoms in total. The highest BCUT2D eigenvalue weighted by molar-refractivity contribution is 5.55. The van der Waals surface area contributed by atoms with Gasteiger partial charge in [-0.3, -0.25) is 0 Å². The number of nitrogens with one attached hydrogen (secondary N) is 1. The summed E-state index contributed by atoms with van der Waals surface area (Å²) < 4.78 is 5.22. The first-order chi connectivity index (χ1) is 7.17. The van der Waals surface area contributed by atoms with Crippen molar-refractivity contribution in [2.45, 2.75) is 13.8 Å². The highest BCUT2D eigenvalue weighted by Crippen LogP contribution is 2.19. The van der Waals surface area contributed by atoms with Crippen LogP contribution in [0.5, 0.6) is 5.75 Å². The highest BCUT2D eigenvalue weighted by atomic mass is 16.5. The summed E-state index contributed by atoms with van der Waals surface area (Å²) in [6.07, 6.45) is 2.18. The summed E-state index contributed by atoms with van der Waals surface area (Å²) in [5.41, 5.74) is 3.71. The Morgan fingerprint density at radius 3 is 2.73 bits per heavy atom. The highest BCUT2D eigenvalue weighted by Gasteiger charge is 1.98. The van der Waals surface area contributed by atoms with Crippen LogP contribution in [0.3, 0.4) is 0 Å². The molecule has 0 amide bonds. The van der Waals surface area contributed by atoms with E-state index in [1.165, 1.54) is 16.7 Å². The van der Waals surface area contributed by atoms with Gasteiger partial charge in [0.2, 0.25) is 0 Å². The Bertz CT molecular complexity index is 356. The number of benzene rings is 1. The van der Waals surface area contributed by atoms with E-state index < -0.39 is 0 Å². The maximum Gasteiger partial charge on any atom is 0.121 e. The minimum Gasteiger partial charge on any atom is -0.496 e. The van der Waals surface area contributed by atoms with Gasteiger partial charge >= 0.3 is 0 Å². The molecule has 0 aliphatic carbocycles. The number of aryl methyl sites for hydroxylation is 1. The molecule has 0 aliphatic rings. The Balaban J connectivity index is 2.88. The molecule has 0 spiro atoms. The van der Waals surface area contributed by atoms with E-state index in [4.69, 9.17) is 4.74 Å². The third kappa shape index (κ3) is 3.40. The van der Waals surface area contributed by atoms with Gasteiger partial charge in [0.1, 0.15) is 5.75 Å². The summed E-state index contributed by atoms with van der Waals surface area (Å²) in [6, 6.07) is 6.22. The normalized spacial score (nSPS) is 11.6. The first-order valence-corrected chi connectivity index (χ1v) is 5.13. The largest absolute Gasteiger partial charge is 0.496 e. The van der Waals surface area contributed by atoms with Gasteiger partial charge in [0, 0.05) is 6.54 Å². The van der Waals surface area contributed by atoms with Crippen molar-refractivity contribution in [3.8, 4) is 5.75 Å². The summed E-state index contributed by atoms with van der Waals surface area (Å²) in [5.74, 6) is 0.943. The molecule has 0 heterocycles. The van der Waals surface area contributed by atoms with Gasteiger partial charge in [0.25, 0.3) is 0 Å². The fourth-order valence-corrected chi connectivity index (χ4v) is 1.61. The van der Waals surface area contributed by atoms with Crippen molar-refractivity contribution >= 4 is 6.08 Å². The summed E-state index contributed by atoms with van der Waals surface area (Å²) in [5, 5.41) is 3.13. The molecule has 82 valence electrons. The molecule has 0 saturated carbocycles. The Hall–Kier alpha value is -1.28. The van der Waals surface area contributed by atoms with Gasteiger partial charge in [-0.25, -0.2) is 0 Å². The van der Waals surface area contributed by atoms with E-state index in [1.807, 2.05) is 13.1 Å². The number of ether oxygens (including phenoxy) is 1.